The van der Waals surface area contributed by atoms with Gasteiger partial charge in [0.05, 0.1) is 18.0 Å². The minimum absolute atomic E-state index is 0.00589. The quantitative estimate of drug-likeness (QED) is 0.658. The average molecular weight is 452 g/mol. The summed E-state index contributed by atoms with van der Waals surface area (Å²) < 4.78 is 23.2. The van der Waals surface area contributed by atoms with Crippen LogP contribution in [-0.2, 0) is 26.0 Å². The van der Waals surface area contributed by atoms with E-state index in [1.165, 1.54) is 6.07 Å². The molecule has 0 aliphatic carbocycles. The van der Waals surface area contributed by atoms with Gasteiger partial charge in [-0.15, -0.1) is 0 Å². The number of hydrogen-bond donors (Lipinski definition) is 2. The molecule has 1 atom stereocenters. The van der Waals surface area contributed by atoms with Crippen molar-refractivity contribution in [3.05, 3.63) is 23.8 Å². The maximum Gasteiger partial charge on any atom is 0.242 e. The minimum atomic E-state index is -3.75. The zero-order chi connectivity index (χ0) is 23.0. The molecule has 0 aromatic heterocycles. The number of anilines is 1. The highest BCUT2D eigenvalue weighted by atomic mass is 32.2. The lowest BCUT2D eigenvalue weighted by Crippen LogP contribution is -2.54. The van der Waals surface area contributed by atoms with E-state index < -0.39 is 10.0 Å². The van der Waals surface area contributed by atoms with Crippen LogP contribution in [0.25, 0.3) is 0 Å². The normalized spacial score (nSPS) is 20.0. The summed E-state index contributed by atoms with van der Waals surface area (Å²) >= 11 is 0. The Morgan fingerprint density at radius 2 is 1.77 bits per heavy atom. The van der Waals surface area contributed by atoms with E-state index in [1.807, 2.05) is 37.5 Å². The number of fused-ring (bicyclic) bond motifs is 1. The molecule has 3 N–H and O–H groups in total. The Kier molecular flexibility index (Phi) is 6.64. The third-order valence-corrected chi connectivity index (χ3v) is 6.56. The summed E-state index contributed by atoms with van der Waals surface area (Å²) in [6.45, 7) is 11.0. The number of hydrogen-bond acceptors (Lipinski definition) is 6. The molecular weight excluding hydrogens is 418 g/mol. The molecule has 1 saturated heterocycles. The summed E-state index contributed by atoms with van der Waals surface area (Å²) in [5.41, 5.74) is 1.51. The summed E-state index contributed by atoms with van der Waals surface area (Å²) in [5, 5.41) is 8.20. The predicted octanol–water partition coefficient (Wildman–Crippen LogP) is 0.144. The number of benzene rings is 1. The molecule has 2 amide bonds. The van der Waals surface area contributed by atoms with E-state index >= 15 is 0 Å². The van der Waals surface area contributed by atoms with Crippen LogP contribution in [0.5, 0.6) is 0 Å². The molecule has 31 heavy (non-hydrogen) atoms. The van der Waals surface area contributed by atoms with Gasteiger partial charge >= 0.3 is 0 Å². The molecule has 172 valence electrons. The Morgan fingerprint density at radius 1 is 1.13 bits per heavy atom. The number of sulfonamides is 1. The molecule has 0 unspecified atom stereocenters. The van der Waals surface area contributed by atoms with Crippen molar-refractivity contribution in [1.82, 2.24) is 15.1 Å². The number of rotatable bonds is 5. The number of carbonyl (C=O) groups excluding carboxylic acids is 2. The molecule has 2 heterocycles. The fourth-order valence-electron chi connectivity index (χ4n) is 4.15. The van der Waals surface area contributed by atoms with E-state index in [1.54, 1.807) is 12.1 Å². The maximum atomic E-state index is 12.9. The van der Waals surface area contributed by atoms with Crippen molar-refractivity contribution >= 4 is 27.5 Å². The first-order chi connectivity index (χ1) is 14.3. The van der Waals surface area contributed by atoms with Crippen LogP contribution >= 0.6 is 0 Å². The lowest BCUT2D eigenvalue weighted by molar-refractivity contribution is -0.132. The van der Waals surface area contributed by atoms with Crippen molar-refractivity contribution in [1.29, 1.82) is 0 Å². The van der Waals surface area contributed by atoms with E-state index in [0.717, 1.165) is 11.3 Å². The zero-order valence-electron chi connectivity index (χ0n) is 18.7. The number of nitrogens with two attached hydrogens (primary N) is 1. The summed E-state index contributed by atoms with van der Waals surface area (Å²) in [5.74, 6) is 0.0302. The standard InChI is InChI=1S/C21H33N5O4S/c1-15-11-16-12-17(31(22,29)30)5-6-18(16)26(15)14-20(28)25-9-7-24(8-10-25)13-19(27)23-21(2,3)4/h5-6,12,15H,7-11,13-14H2,1-4H3,(H,23,27)(H2,22,29,30)/t15-/m0/s1. The third-order valence-electron chi connectivity index (χ3n) is 5.65. The van der Waals surface area contributed by atoms with Crippen molar-refractivity contribution in [2.45, 2.75) is 50.6 Å². The van der Waals surface area contributed by atoms with Gasteiger partial charge in [-0.25, -0.2) is 13.6 Å². The van der Waals surface area contributed by atoms with Gasteiger partial charge in [0.2, 0.25) is 21.8 Å². The van der Waals surface area contributed by atoms with E-state index in [9.17, 15) is 18.0 Å². The summed E-state index contributed by atoms with van der Waals surface area (Å²) in [4.78, 5) is 31.1. The van der Waals surface area contributed by atoms with Crippen molar-refractivity contribution in [3.63, 3.8) is 0 Å². The second-order valence-electron chi connectivity index (χ2n) is 9.47. The van der Waals surface area contributed by atoms with E-state index in [4.69, 9.17) is 5.14 Å². The lowest BCUT2D eigenvalue weighted by atomic mass is 10.1. The fraction of sp³-hybridized carbons (Fsp3) is 0.619. The molecule has 2 aliphatic heterocycles. The highest BCUT2D eigenvalue weighted by Crippen LogP contribution is 2.33. The topological polar surface area (TPSA) is 116 Å². The van der Waals surface area contributed by atoms with Gasteiger partial charge < -0.3 is 15.1 Å². The smallest absolute Gasteiger partial charge is 0.242 e. The first-order valence-corrected chi connectivity index (χ1v) is 12.1. The van der Waals surface area contributed by atoms with Gasteiger partial charge in [0.15, 0.2) is 0 Å². The third kappa shape index (κ3) is 5.96. The summed E-state index contributed by atoms with van der Waals surface area (Å²) in [6.07, 6.45) is 0.669. The lowest BCUT2D eigenvalue weighted by Gasteiger charge is -2.36. The van der Waals surface area contributed by atoms with Crippen molar-refractivity contribution in [3.8, 4) is 0 Å². The molecular formula is C21H33N5O4S. The van der Waals surface area contributed by atoms with Gasteiger partial charge in [0.25, 0.3) is 0 Å². The molecule has 1 aromatic carbocycles. The van der Waals surface area contributed by atoms with Crippen LogP contribution in [0.15, 0.2) is 23.1 Å². The van der Waals surface area contributed by atoms with Gasteiger partial charge in [-0.1, -0.05) is 0 Å². The number of carbonyl (C=O) groups is 2. The van der Waals surface area contributed by atoms with Crippen LogP contribution in [0.3, 0.4) is 0 Å². The molecule has 0 saturated carbocycles. The van der Waals surface area contributed by atoms with Gasteiger partial charge in [0, 0.05) is 43.4 Å². The van der Waals surface area contributed by atoms with Crippen LogP contribution in [0.4, 0.5) is 5.69 Å². The van der Waals surface area contributed by atoms with E-state index in [2.05, 4.69) is 10.2 Å². The fourth-order valence-corrected chi connectivity index (χ4v) is 4.72. The maximum absolute atomic E-state index is 12.9. The number of amides is 2. The summed E-state index contributed by atoms with van der Waals surface area (Å²) in [7, 11) is -3.75. The second-order valence-corrected chi connectivity index (χ2v) is 11.0. The molecule has 2 aliphatic rings. The Morgan fingerprint density at radius 3 is 2.35 bits per heavy atom. The predicted molar refractivity (Wildman–Crippen MR) is 119 cm³/mol. The number of primary sulfonamides is 1. The first-order valence-electron chi connectivity index (χ1n) is 10.6. The van der Waals surface area contributed by atoms with Crippen LogP contribution < -0.4 is 15.4 Å². The highest BCUT2D eigenvalue weighted by molar-refractivity contribution is 7.89. The first kappa shape index (κ1) is 23.5. The average Bonchev–Trinajstić information content (AvgIpc) is 2.94. The monoisotopic (exact) mass is 451 g/mol. The van der Waals surface area contributed by atoms with Crippen molar-refractivity contribution in [2.24, 2.45) is 5.14 Å². The second kappa shape index (κ2) is 8.76. The van der Waals surface area contributed by atoms with E-state index in [-0.39, 0.29) is 34.8 Å². The molecule has 10 heteroatoms. The Labute approximate surface area is 184 Å². The SMILES string of the molecule is C[C@H]1Cc2cc(S(N)(=O)=O)ccc2N1CC(=O)N1CCN(CC(=O)NC(C)(C)C)CC1. The van der Waals surface area contributed by atoms with E-state index in [0.29, 0.717) is 39.1 Å². The van der Waals surface area contributed by atoms with Crippen LogP contribution in [-0.4, -0.2) is 80.9 Å². The van der Waals surface area contributed by atoms with Gasteiger partial charge in [-0.05, 0) is 57.9 Å². The van der Waals surface area contributed by atoms with Gasteiger partial charge in [-0.2, -0.15) is 0 Å². The molecule has 0 radical (unpaired) electrons. The van der Waals surface area contributed by atoms with Crippen molar-refractivity contribution < 1.29 is 18.0 Å². The molecule has 1 fully saturated rings. The molecule has 0 spiro atoms. The summed E-state index contributed by atoms with van der Waals surface area (Å²) in [6, 6.07) is 4.92. The number of nitrogens with zero attached hydrogens (tertiary/aromatic N) is 3. The van der Waals surface area contributed by atoms with Crippen LogP contribution in [0, 0.1) is 0 Å². The number of piperazine rings is 1. The zero-order valence-corrected chi connectivity index (χ0v) is 19.5. The Balaban J connectivity index is 1.56. The highest BCUT2D eigenvalue weighted by Gasteiger charge is 2.31. The van der Waals surface area contributed by atoms with Crippen LogP contribution in [0.1, 0.15) is 33.3 Å². The number of nitrogens with one attached hydrogen (secondary N) is 1. The molecule has 9 nitrogen and oxygen atoms in total. The Bertz CT molecular complexity index is 949. The molecule has 3 rings (SSSR count). The van der Waals surface area contributed by atoms with Crippen LogP contribution in [0.2, 0.25) is 0 Å². The van der Waals surface area contributed by atoms with Gasteiger partial charge in [-0.3, -0.25) is 14.5 Å². The molecule has 1 aromatic rings. The minimum Gasteiger partial charge on any atom is -0.359 e. The largest absolute Gasteiger partial charge is 0.359 e. The van der Waals surface area contributed by atoms with Crippen molar-refractivity contribution in [2.75, 3.05) is 44.2 Å². The molecule has 0 bridgehead atoms. The van der Waals surface area contributed by atoms with Gasteiger partial charge in [0.1, 0.15) is 0 Å². The Hall–Kier alpha value is -2.17.